The molecule has 2 aromatic rings. The molecule has 0 aliphatic carbocycles. The van der Waals surface area contributed by atoms with Crippen LogP contribution in [0, 0.1) is 0 Å². The molecular formula is C22H30IN5O2. The summed E-state index contributed by atoms with van der Waals surface area (Å²) in [6.07, 6.45) is 0. The number of rotatable bonds is 5. The highest BCUT2D eigenvalue weighted by atomic mass is 127. The van der Waals surface area contributed by atoms with Crippen LogP contribution in [0.3, 0.4) is 0 Å². The Morgan fingerprint density at radius 2 is 1.83 bits per heavy atom. The third-order valence-electron chi connectivity index (χ3n) is 4.80. The summed E-state index contributed by atoms with van der Waals surface area (Å²) in [5, 5.41) is 16.3. The number of carbonyl (C=O) groups is 1. The molecule has 30 heavy (non-hydrogen) atoms. The van der Waals surface area contributed by atoms with Gasteiger partial charge in [-0.15, -0.1) is 24.0 Å². The summed E-state index contributed by atoms with van der Waals surface area (Å²) in [5.41, 5.74) is 2.70. The smallest absolute Gasteiger partial charge is 0.221 e. The monoisotopic (exact) mass is 523 g/mol. The van der Waals surface area contributed by atoms with E-state index < -0.39 is 0 Å². The number of halogens is 1. The maximum Gasteiger partial charge on any atom is 0.221 e. The minimum absolute atomic E-state index is 0. The number of hydrogen-bond acceptors (Lipinski definition) is 4. The first-order chi connectivity index (χ1) is 14.1. The third-order valence-corrected chi connectivity index (χ3v) is 4.80. The minimum atomic E-state index is -0.0821. The summed E-state index contributed by atoms with van der Waals surface area (Å²) in [4.78, 5) is 20.5. The highest BCUT2D eigenvalue weighted by Gasteiger charge is 2.21. The molecule has 7 nitrogen and oxygen atoms in total. The SMILES string of the molecule is CCNC(=NCc1cccc(NC(C)=O)c1)N1CCN(c2ccccc2O)CC1.I. The van der Waals surface area contributed by atoms with Crippen LogP contribution < -0.4 is 15.5 Å². The lowest BCUT2D eigenvalue weighted by molar-refractivity contribution is -0.114. The predicted octanol–water partition coefficient (Wildman–Crippen LogP) is 3.26. The van der Waals surface area contributed by atoms with E-state index in [1.54, 1.807) is 6.07 Å². The topological polar surface area (TPSA) is 80.2 Å². The quantitative estimate of drug-likeness (QED) is 0.319. The maximum absolute atomic E-state index is 11.3. The van der Waals surface area contributed by atoms with Gasteiger partial charge in [0.25, 0.3) is 0 Å². The van der Waals surface area contributed by atoms with Gasteiger partial charge in [0.15, 0.2) is 5.96 Å². The first-order valence-electron chi connectivity index (χ1n) is 9.99. The molecule has 1 fully saturated rings. The number of piperazine rings is 1. The molecule has 1 amide bonds. The van der Waals surface area contributed by atoms with Crippen molar-refractivity contribution >= 4 is 47.2 Å². The van der Waals surface area contributed by atoms with Gasteiger partial charge >= 0.3 is 0 Å². The van der Waals surface area contributed by atoms with Gasteiger partial charge in [-0.1, -0.05) is 24.3 Å². The van der Waals surface area contributed by atoms with Crippen molar-refractivity contribution in [1.82, 2.24) is 10.2 Å². The Morgan fingerprint density at radius 1 is 1.10 bits per heavy atom. The molecule has 0 spiro atoms. The van der Waals surface area contributed by atoms with Gasteiger partial charge in [0.1, 0.15) is 5.75 Å². The van der Waals surface area contributed by atoms with Gasteiger partial charge in [-0.05, 0) is 36.8 Å². The number of guanidine groups is 1. The maximum atomic E-state index is 11.3. The molecule has 1 aliphatic heterocycles. The van der Waals surface area contributed by atoms with Crippen LogP contribution in [-0.2, 0) is 11.3 Å². The Kier molecular flexibility index (Phi) is 9.22. The molecule has 0 bridgehead atoms. The second-order valence-corrected chi connectivity index (χ2v) is 7.01. The lowest BCUT2D eigenvalue weighted by Gasteiger charge is -2.37. The number of anilines is 2. The zero-order chi connectivity index (χ0) is 20.6. The zero-order valence-corrected chi connectivity index (χ0v) is 19.8. The van der Waals surface area contributed by atoms with Crippen molar-refractivity contribution in [2.24, 2.45) is 4.99 Å². The molecule has 1 heterocycles. The van der Waals surface area contributed by atoms with E-state index in [0.717, 1.165) is 55.6 Å². The normalized spacial score (nSPS) is 14.1. The number of nitrogens with one attached hydrogen (secondary N) is 2. The number of phenols is 1. The second-order valence-electron chi connectivity index (χ2n) is 7.01. The Hall–Kier alpha value is -2.49. The first kappa shape index (κ1) is 23.8. The average Bonchev–Trinajstić information content (AvgIpc) is 2.71. The summed E-state index contributed by atoms with van der Waals surface area (Å²) in [5.74, 6) is 1.12. The third kappa shape index (κ3) is 6.51. The van der Waals surface area contributed by atoms with Gasteiger partial charge in [-0.2, -0.15) is 0 Å². The number of phenolic OH excluding ortho intramolecular Hbond substituents is 1. The summed E-state index contributed by atoms with van der Waals surface area (Å²) in [6.45, 7) is 8.19. The van der Waals surface area contributed by atoms with Crippen LogP contribution in [0.1, 0.15) is 19.4 Å². The van der Waals surface area contributed by atoms with E-state index in [0.29, 0.717) is 12.3 Å². The fraction of sp³-hybridized carbons (Fsp3) is 0.364. The fourth-order valence-corrected chi connectivity index (χ4v) is 3.43. The van der Waals surface area contributed by atoms with Gasteiger partial charge in [-0.25, -0.2) is 4.99 Å². The largest absolute Gasteiger partial charge is 0.506 e. The fourth-order valence-electron chi connectivity index (χ4n) is 3.43. The van der Waals surface area contributed by atoms with E-state index in [1.807, 2.05) is 42.5 Å². The van der Waals surface area contributed by atoms with Crippen molar-refractivity contribution in [2.45, 2.75) is 20.4 Å². The van der Waals surface area contributed by atoms with Gasteiger partial charge in [0.2, 0.25) is 5.91 Å². The van der Waals surface area contributed by atoms with Gasteiger partial charge < -0.3 is 25.5 Å². The summed E-state index contributed by atoms with van der Waals surface area (Å²) in [7, 11) is 0. The molecule has 0 saturated carbocycles. The van der Waals surface area contributed by atoms with Crippen molar-refractivity contribution in [2.75, 3.05) is 42.9 Å². The molecule has 0 unspecified atom stereocenters. The van der Waals surface area contributed by atoms with Crippen LogP contribution in [0.4, 0.5) is 11.4 Å². The summed E-state index contributed by atoms with van der Waals surface area (Å²) >= 11 is 0. The predicted molar refractivity (Wildman–Crippen MR) is 133 cm³/mol. The highest BCUT2D eigenvalue weighted by molar-refractivity contribution is 14.0. The first-order valence-corrected chi connectivity index (χ1v) is 9.99. The summed E-state index contributed by atoms with van der Waals surface area (Å²) < 4.78 is 0. The number of amides is 1. The van der Waals surface area contributed by atoms with Crippen molar-refractivity contribution in [3.05, 3.63) is 54.1 Å². The van der Waals surface area contributed by atoms with Crippen molar-refractivity contribution in [1.29, 1.82) is 0 Å². The second kappa shape index (κ2) is 11.6. The Balaban J connectivity index is 0.00000320. The number of aliphatic imine (C=N–C) groups is 1. The van der Waals surface area contributed by atoms with Gasteiger partial charge in [0, 0.05) is 45.3 Å². The lowest BCUT2D eigenvalue weighted by atomic mass is 10.2. The Morgan fingerprint density at radius 3 is 2.50 bits per heavy atom. The number of para-hydroxylation sites is 2. The van der Waals surface area contributed by atoms with Crippen LogP contribution in [0.5, 0.6) is 5.75 Å². The lowest BCUT2D eigenvalue weighted by Crippen LogP contribution is -2.52. The molecule has 1 aliphatic rings. The van der Waals surface area contributed by atoms with E-state index in [-0.39, 0.29) is 29.9 Å². The molecule has 0 radical (unpaired) electrons. The Labute approximate surface area is 195 Å². The van der Waals surface area contributed by atoms with Crippen molar-refractivity contribution in [3.63, 3.8) is 0 Å². The molecular weight excluding hydrogens is 493 g/mol. The van der Waals surface area contributed by atoms with E-state index in [9.17, 15) is 9.90 Å². The van der Waals surface area contributed by atoms with E-state index in [1.165, 1.54) is 6.92 Å². The van der Waals surface area contributed by atoms with Crippen LogP contribution in [-0.4, -0.2) is 54.6 Å². The van der Waals surface area contributed by atoms with Crippen LogP contribution in [0.25, 0.3) is 0 Å². The van der Waals surface area contributed by atoms with Crippen LogP contribution >= 0.6 is 24.0 Å². The molecule has 3 rings (SSSR count). The number of carbonyl (C=O) groups excluding carboxylic acids is 1. The Bertz CT molecular complexity index is 866. The number of hydrogen-bond donors (Lipinski definition) is 3. The molecule has 162 valence electrons. The molecule has 1 saturated heterocycles. The summed E-state index contributed by atoms with van der Waals surface area (Å²) in [6, 6.07) is 15.2. The average molecular weight is 523 g/mol. The number of nitrogens with zero attached hydrogens (tertiary/aromatic N) is 3. The van der Waals surface area contributed by atoms with E-state index >= 15 is 0 Å². The molecule has 0 aromatic heterocycles. The number of aromatic hydroxyl groups is 1. The van der Waals surface area contributed by atoms with Crippen molar-refractivity contribution in [3.8, 4) is 5.75 Å². The van der Waals surface area contributed by atoms with E-state index in [2.05, 4.69) is 27.4 Å². The molecule has 8 heteroatoms. The van der Waals surface area contributed by atoms with Crippen molar-refractivity contribution < 1.29 is 9.90 Å². The molecule has 0 atom stereocenters. The van der Waals surface area contributed by atoms with Gasteiger partial charge in [-0.3, -0.25) is 4.79 Å². The van der Waals surface area contributed by atoms with Crippen LogP contribution in [0.2, 0.25) is 0 Å². The highest BCUT2D eigenvalue weighted by Crippen LogP contribution is 2.27. The molecule has 2 aromatic carbocycles. The zero-order valence-electron chi connectivity index (χ0n) is 17.5. The van der Waals surface area contributed by atoms with E-state index in [4.69, 9.17) is 4.99 Å². The number of benzene rings is 2. The molecule has 3 N–H and O–H groups in total. The standard InChI is InChI=1S/C22H29N5O2.HI/c1-3-23-22(24-16-18-7-6-8-19(15-18)25-17(2)28)27-13-11-26(12-14-27)20-9-4-5-10-21(20)29;/h4-10,15,29H,3,11-14,16H2,1-2H3,(H,23,24)(H,25,28);1H. The van der Waals surface area contributed by atoms with Crippen LogP contribution in [0.15, 0.2) is 53.5 Å². The van der Waals surface area contributed by atoms with Gasteiger partial charge in [0.05, 0.1) is 12.2 Å². The minimum Gasteiger partial charge on any atom is -0.506 e.